The minimum absolute atomic E-state index is 0.353. The van der Waals surface area contributed by atoms with Gasteiger partial charge in [-0.3, -0.25) is 4.79 Å². The van der Waals surface area contributed by atoms with Gasteiger partial charge in [-0.25, -0.2) is 5.43 Å². The van der Waals surface area contributed by atoms with Gasteiger partial charge in [0.2, 0.25) is 0 Å². The lowest BCUT2D eigenvalue weighted by molar-refractivity contribution is 0.0953. The van der Waals surface area contributed by atoms with Crippen LogP contribution in [0.4, 0.5) is 0 Å². The second kappa shape index (κ2) is 6.95. The standard InChI is InChI=1S/C17H12Cl2N2O3/c1-10-13(6-7-23-10)17(22)21-20-9-12-3-5-16(24-12)11-2-4-14(18)15(19)8-11/h2-9H,1H3,(H,21,22)/b20-9-. The zero-order valence-corrected chi connectivity index (χ0v) is 14.1. The first-order valence-electron chi connectivity index (χ1n) is 6.97. The van der Waals surface area contributed by atoms with Crippen molar-refractivity contribution in [3.63, 3.8) is 0 Å². The molecule has 3 rings (SSSR count). The van der Waals surface area contributed by atoms with Crippen LogP contribution in [0.15, 0.2) is 56.6 Å². The smallest absolute Gasteiger partial charge is 0.274 e. The maximum Gasteiger partial charge on any atom is 0.274 e. The summed E-state index contributed by atoms with van der Waals surface area (Å²) in [5, 5.41) is 4.80. The molecule has 0 spiro atoms. The van der Waals surface area contributed by atoms with Crippen molar-refractivity contribution in [1.29, 1.82) is 0 Å². The molecule has 0 fully saturated rings. The summed E-state index contributed by atoms with van der Waals surface area (Å²) in [4.78, 5) is 11.9. The summed E-state index contributed by atoms with van der Waals surface area (Å²) in [6, 6.07) is 10.3. The molecular weight excluding hydrogens is 351 g/mol. The van der Waals surface area contributed by atoms with Gasteiger partial charge in [0.15, 0.2) is 0 Å². The van der Waals surface area contributed by atoms with Crippen LogP contribution in [0.2, 0.25) is 10.0 Å². The summed E-state index contributed by atoms with van der Waals surface area (Å²) in [5.74, 6) is 1.28. The van der Waals surface area contributed by atoms with Gasteiger partial charge in [0.25, 0.3) is 5.91 Å². The summed E-state index contributed by atoms with van der Waals surface area (Å²) >= 11 is 11.9. The number of carbonyl (C=O) groups is 1. The lowest BCUT2D eigenvalue weighted by atomic mass is 10.2. The van der Waals surface area contributed by atoms with Crippen molar-refractivity contribution in [1.82, 2.24) is 5.43 Å². The summed E-state index contributed by atoms with van der Waals surface area (Å²) in [6.07, 6.45) is 2.86. The second-order valence-electron chi connectivity index (χ2n) is 4.92. The van der Waals surface area contributed by atoms with E-state index in [0.717, 1.165) is 5.56 Å². The van der Waals surface area contributed by atoms with E-state index in [0.29, 0.717) is 32.9 Å². The maximum atomic E-state index is 11.9. The highest BCUT2D eigenvalue weighted by molar-refractivity contribution is 6.42. The van der Waals surface area contributed by atoms with Crippen molar-refractivity contribution >= 4 is 35.3 Å². The van der Waals surface area contributed by atoms with E-state index < -0.39 is 0 Å². The van der Waals surface area contributed by atoms with Crippen LogP contribution >= 0.6 is 23.2 Å². The highest BCUT2D eigenvalue weighted by Crippen LogP contribution is 2.29. The van der Waals surface area contributed by atoms with Crippen LogP contribution in [0.25, 0.3) is 11.3 Å². The fourth-order valence-corrected chi connectivity index (χ4v) is 2.36. The number of amides is 1. The summed E-state index contributed by atoms with van der Waals surface area (Å²) < 4.78 is 10.7. The van der Waals surface area contributed by atoms with Crippen LogP contribution in [0, 0.1) is 6.92 Å². The number of furan rings is 2. The highest BCUT2D eigenvalue weighted by Gasteiger charge is 2.10. The zero-order valence-electron chi connectivity index (χ0n) is 12.5. The first-order valence-corrected chi connectivity index (χ1v) is 7.73. The quantitative estimate of drug-likeness (QED) is 0.529. The summed E-state index contributed by atoms with van der Waals surface area (Å²) in [5.41, 5.74) is 3.64. The number of aryl methyl sites for hydroxylation is 1. The molecule has 3 aromatic rings. The molecule has 0 aliphatic rings. The Morgan fingerprint density at radius 2 is 2.00 bits per heavy atom. The Hall–Kier alpha value is -2.50. The van der Waals surface area contributed by atoms with Crippen LogP contribution in [0.1, 0.15) is 21.9 Å². The van der Waals surface area contributed by atoms with Gasteiger partial charge >= 0.3 is 0 Å². The molecule has 24 heavy (non-hydrogen) atoms. The third-order valence-corrected chi connectivity index (χ3v) is 4.03. The fourth-order valence-electron chi connectivity index (χ4n) is 2.06. The molecule has 0 unspecified atom stereocenters. The molecule has 0 atom stereocenters. The molecule has 0 saturated carbocycles. The molecule has 1 amide bonds. The predicted molar refractivity (Wildman–Crippen MR) is 92.7 cm³/mol. The largest absolute Gasteiger partial charge is 0.469 e. The highest BCUT2D eigenvalue weighted by atomic mass is 35.5. The Kier molecular flexibility index (Phi) is 4.74. The SMILES string of the molecule is Cc1occc1C(=O)N/N=C\c1ccc(-c2ccc(Cl)c(Cl)c2)o1. The molecule has 1 N–H and O–H groups in total. The number of rotatable bonds is 4. The normalized spacial score (nSPS) is 11.1. The third kappa shape index (κ3) is 3.53. The average molecular weight is 363 g/mol. The number of carbonyl (C=O) groups excluding carboxylic acids is 1. The van der Waals surface area contributed by atoms with E-state index >= 15 is 0 Å². The number of nitrogens with zero attached hydrogens (tertiary/aromatic N) is 1. The Morgan fingerprint density at radius 1 is 1.17 bits per heavy atom. The minimum atomic E-state index is -0.353. The third-order valence-electron chi connectivity index (χ3n) is 3.29. The van der Waals surface area contributed by atoms with Crippen LogP contribution < -0.4 is 5.43 Å². The Bertz CT molecular complexity index is 912. The van der Waals surface area contributed by atoms with Gasteiger partial charge in [-0.05, 0) is 43.3 Å². The van der Waals surface area contributed by atoms with E-state index in [-0.39, 0.29) is 5.91 Å². The summed E-state index contributed by atoms with van der Waals surface area (Å²) in [7, 11) is 0. The van der Waals surface area contributed by atoms with Crippen LogP contribution in [0.5, 0.6) is 0 Å². The van der Waals surface area contributed by atoms with E-state index in [2.05, 4.69) is 10.5 Å². The molecule has 5 nitrogen and oxygen atoms in total. The van der Waals surface area contributed by atoms with Crippen molar-refractivity contribution in [2.75, 3.05) is 0 Å². The number of nitrogens with one attached hydrogen (secondary N) is 1. The number of hydrazone groups is 1. The maximum absolute atomic E-state index is 11.9. The molecule has 0 radical (unpaired) electrons. The molecule has 0 aliphatic carbocycles. The van der Waals surface area contributed by atoms with E-state index in [1.54, 1.807) is 43.3 Å². The molecule has 0 saturated heterocycles. The van der Waals surface area contributed by atoms with Gasteiger partial charge in [-0.1, -0.05) is 23.2 Å². The van der Waals surface area contributed by atoms with Gasteiger partial charge in [0.05, 0.1) is 28.1 Å². The van der Waals surface area contributed by atoms with E-state index in [1.807, 2.05) is 0 Å². The molecule has 0 aliphatic heterocycles. The lowest BCUT2D eigenvalue weighted by Crippen LogP contribution is -2.17. The van der Waals surface area contributed by atoms with Crippen molar-refractivity contribution in [3.05, 3.63) is 69.8 Å². The molecule has 2 aromatic heterocycles. The summed E-state index contributed by atoms with van der Waals surface area (Å²) in [6.45, 7) is 1.70. The number of hydrogen-bond donors (Lipinski definition) is 1. The molecule has 7 heteroatoms. The van der Waals surface area contributed by atoms with Crippen LogP contribution in [0.3, 0.4) is 0 Å². The predicted octanol–water partition coefficient (Wildman–Crippen LogP) is 4.92. The molecule has 0 bridgehead atoms. The van der Waals surface area contributed by atoms with Crippen molar-refractivity contribution in [2.45, 2.75) is 6.92 Å². The average Bonchev–Trinajstić information content (AvgIpc) is 3.19. The number of hydrogen-bond acceptors (Lipinski definition) is 4. The van der Waals surface area contributed by atoms with Crippen LogP contribution in [-0.4, -0.2) is 12.1 Å². The topological polar surface area (TPSA) is 67.7 Å². The number of halogens is 2. The first-order chi connectivity index (χ1) is 11.5. The van der Waals surface area contributed by atoms with Gasteiger partial charge < -0.3 is 8.83 Å². The van der Waals surface area contributed by atoms with E-state index in [4.69, 9.17) is 32.0 Å². The lowest BCUT2D eigenvalue weighted by Gasteiger charge is -1.99. The molecule has 122 valence electrons. The Balaban J connectivity index is 1.68. The molecule has 2 heterocycles. The van der Waals surface area contributed by atoms with Gasteiger partial charge in [-0.15, -0.1) is 0 Å². The van der Waals surface area contributed by atoms with Crippen LogP contribution in [-0.2, 0) is 0 Å². The Morgan fingerprint density at radius 3 is 2.71 bits per heavy atom. The van der Waals surface area contributed by atoms with Gasteiger partial charge in [0.1, 0.15) is 17.3 Å². The monoisotopic (exact) mass is 362 g/mol. The van der Waals surface area contributed by atoms with Crippen molar-refractivity contribution in [3.8, 4) is 11.3 Å². The van der Waals surface area contributed by atoms with Gasteiger partial charge in [-0.2, -0.15) is 5.10 Å². The molecule has 1 aromatic carbocycles. The second-order valence-corrected chi connectivity index (χ2v) is 5.73. The first kappa shape index (κ1) is 16.4. The van der Waals surface area contributed by atoms with Crippen molar-refractivity contribution < 1.29 is 13.6 Å². The van der Waals surface area contributed by atoms with E-state index in [9.17, 15) is 4.79 Å². The zero-order chi connectivity index (χ0) is 17.1. The van der Waals surface area contributed by atoms with Gasteiger partial charge in [0, 0.05) is 5.56 Å². The number of benzene rings is 1. The minimum Gasteiger partial charge on any atom is -0.469 e. The van der Waals surface area contributed by atoms with E-state index in [1.165, 1.54) is 12.5 Å². The Labute approximate surface area is 147 Å². The van der Waals surface area contributed by atoms with Crippen molar-refractivity contribution in [2.24, 2.45) is 5.10 Å². The fraction of sp³-hybridized carbons (Fsp3) is 0.0588. The molecular formula is C17H12Cl2N2O3.